The van der Waals surface area contributed by atoms with Crippen molar-refractivity contribution in [3.63, 3.8) is 0 Å². The topological polar surface area (TPSA) is 58.2 Å². The number of carbonyl (C=O) groups is 2. The van der Waals surface area contributed by atoms with Crippen molar-refractivity contribution in [2.75, 3.05) is 0 Å². The summed E-state index contributed by atoms with van der Waals surface area (Å²) in [6.45, 7) is 1.92. The molecule has 2 N–H and O–H groups in total. The lowest BCUT2D eigenvalue weighted by Crippen LogP contribution is -2.48. The molecule has 0 saturated heterocycles. The summed E-state index contributed by atoms with van der Waals surface area (Å²) >= 11 is 6.09. The number of hydrogen-bond donors (Lipinski definition) is 2. The Hall–Kier alpha value is -3.11. The number of nitrogens with one attached hydrogen (secondary N) is 2. The van der Waals surface area contributed by atoms with E-state index in [0.29, 0.717) is 17.0 Å². The van der Waals surface area contributed by atoms with Gasteiger partial charge in [0.2, 0.25) is 5.91 Å². The normalized spacial score (nSPS) is 12.6. The minimum Gasteiger partial charge on any atom is -0.348 e. The van der Waals surface area contributed by atoms with Crippen LogP contribution >= 0.6 is 11.6 Å². The zero-order valence-corrected chi connectivity index (χ0v) is 16.9. The van der Waals surface area contributed by atoms with Gasteiger partial charge in [0, 0.05) is 17.0 Å². The van der Waals surface area contributed by atoms with Crippen LogP contribution in [-0.2, 0) is 11.2 Å². The SMILES string of the molecule is CC(NC(=O)C(Cc1cccc(Cl)c1)NC(=O)c1ccccc1)c1ccccc1. The van der Waals surface area contributed by atoms with Gasteiger partial charge in [-0.25, -0.2) is 0 Å². The van der Waals surface area contributed by atoms with E-state index < -0.39 is 6.04 Å². The Balaban J connectivity index is 1.77. The van der Waals surface area contributed by atoms with Crippen molar-refractivity contribution in [2.24, 2.45) is 0 Å². The summed E-state index contributed by atoms with van der Waals surface area (Å²) in [7, 11) is 0. The highest BCUT2D eigenvalue weighted by Gasteiger charge is 2.23. The maximum absolute atomic E-state index is 13.0. The van der Waals surface area contributed by atoms with Crippen LogP contribution in [0.3, 0.4) is 0 Å². The van der Waals surface area contributed by atoms with Crippen molar-refractivity contribution >= 4 is 23.4 Å². The molecule has 0 heterocycles. The van der Waals surface area contributed by atoms with Gasteiger partial charge in [-0.3, -0.25) is 9.59 Å². The van der Waals surface area contributed by atoms with Crippen LogP contribution in [0, 0.1) is 0 Å². The van der Waals surface area contributed by atoms with Gasteiger partial charge in [0.15, 0.2) is 0 Å². The van der Waals surface area contributed by atoms with Crippen molar-refractivity contribution < 1.29 is 9.59 Å². The molecule has 2 unspecified atom stereocenters. The van der Waals surface area contributed by atoms with Crippen molar-refractivity contribution in [1.82, 2.24) is 10.6 Å². The Bertz CT molecular complexity index is 961. The van der Waals surface area contributed by atoms with Crippen molar-refractivity contribution in [1.29, 1.82) is 0 Å². The first-order valence-corrected chi connectivity index (χ1v) is 9.86. The van der Waals surface area contributed by atoms with E-state index in [-0.39, 0.29) is 17.9 Å². The molecule has 29 heavy (non-hydrogen) atoms. The fourth-order valence-electron chi connectivity index (χ4n) is 3.08. The summed E-state index contributed by atoms with van der Waals surface area (Å²) in [6, 6.07) is 25.0. The minimum atomic E-state index is -0.729. The van der Waals surface area contributed by atoms with Gasteiger partial charge >= 0.3 is 0 Å². The highest BCUT2D eigenvalue weighted by Crippen LogP contribution is 2.15. The molecule has 0 aliphatic heterocycles. The molecule has 0 fully saturated rings. The third kappa shape index (κ3) is 5.93. The predicted octanol–water partition coefficient (Wildman–Crippen LogP) is 4.56. The van der Waals surface area contributed by atoms with E-state index in [1.807, 2.05) is 55.5 Å². The molecule has 0 aliphatic rings. The van der Waals surface area contributed by atoms with Crippen LogP contribution in [0.15, 0.2) is 84.9 Å². The Morgan fingerprint density at radius 2 is 1.52 bits per heavy atom. The third-order valence-corrected chi connectivity index (χ3v) is 4.88. The van der Waals surface area contributed by atoms with E-state index in [9.17, 15) is 9.59 Å². The average Bonchev–Trinajstić information content (AvgIpc) is 2.74. The monoisotopic (exact) mass is 406 g/mol. The molecule has 3 aromatic rings. The molecule has 5 heteroatoms. The second-order valence-corrected chi connectivity index (χ2v) is 7.30. The summed E-state index contributed by atoms with van der Waals surface area (Å²) < 4.78 is 0. The first kappa shape index (κ1) is 20.6. The van der Waals surface area contributed by atoms with Crippen molar-refractivity contribution in [2.45, 2.75) is 25.4 Å². The van der Waals surface area contributed by atoms with E-state index in [1.165, 1.54) is 0 Å². The zero-order chi connectivity index (χ0) is 20.6. The second-order valence-electron chi connectivity index (χ2n) is 6.87. The number of rotatable bonds is 7. The van der Waals surface area contributed by atoms with E-state index in [4.69, 9.17) is 11.6 Å². The van der Waals surface area contributed by atoms with Crippen LogP contribution in [0.4, 0.5) is 0 Å². The molecule has 0 bridgehead atoms. The molecule has 0 aliphatic carbocycles. The Labute approximate surface area is 175 Å². The lowest BCUT2D eigenvalue weighted by molar-refractivity contribution is -0.123. The van der Waals surface area contributed by atoms with E-state index in [0.717, 1.165) is 11.1 Å². The van der Waals surface area contributed by atoms with Gasteiger partial charge in [-0.15, -0.1) is 0 Å². The van der Waals surface area contributed by atoms with E-state index in [1.54, 1.807) is 36.4 Å². The summed E-state index contributed by atoms with van der Waals surface area (Å²) in [5.74, 6) is -0.536. The number of benzene rings is 3. The quantitative estimate of drug-likeness (QED) is 0.604. The first-order valence-electron chi connectivity index (χ1n) is 9.48. The van der Waals surface area contributed by atoms with Crippen LogP contribution in [0.5, 0.6) is 0 Å². The Morgan fingerprint density at radius 3 is 2.17 bits per heavy atom. The molecule has 148 valence electrons. The number of carbonyl (C=O) groups excluding carboxylic acids is 2. The van der Waals surface area contributed by atoms with Crippen LogP contribution in [-0.4, -0.2) is 17.9 Å². The molecular weight excluding hydrogens is 384 g/mol. The molecule has 2 amide bonds. The van der Waals surface area contributed by atoms with E-state index in [2.05, 4.69) is 10.6 Å². The highest BCUT2D eigenvalue weighted by molar-refractivity contribution is 6.30. The summed E-state index contributed by atoms with van der Waals surface area (Å²) in [6.07, 6.45) is 0.340. The molecule has 0 spiro atoms. The predicted molar refractivity (Wildman–Crippen MR) is 116 cm³/mol. The number of halogens is 1. The summed E-state index contributed by atoms with van der Waals surface area (Å²) in [5, 5.41) is 6.46. The smallest absolute Gasteiger partial charge is 0.251 e. The van der Waals surface area contributed by atoms with Gasteiger partial charge in [0.25, 0.3) is 5.91 Å². The zero-order valence-electron chi connectivity index (χ0n) is 16.1. The van der Waals surface area contributed by atoms with Crippen LogP contribution in [0.2, 0.25) is 5.02 Å². The van der Waals surface area contributed by atoms with Gasteiger partial charge in [-0.05, 0) is 42.3 Å². The average molecular weight is 407 g/mol. The summed E-state index contributed by atoms with van der Waals surface area (Å²) in [4.78, 5) is 25.7. The molecule has 0 aromatic heterocycles. The Morgan fingerprint density at radius 1 is 0.862 bits per heavy atom. The number of hydrogen-bond acceptors (Lipinski definition) is 2. The lowest BCUT2D eigenvalue weighted by Gasteiger charge is -2.22. The van der Waals surface area contributed by atoms with Crippen LogP contribution < -0.4 is 10.6 Å². The lowest BCUT2D eigenvalue weighted by atomic mass is 10.0. The minimum absolute atomic E-state index is 0.181. The van der Waals surface area contributed by atoms with Crippen molar-refractivity contribution in [3.8, 4) is 0 Å². The van der Waals surface area contributed by atoms with Gasteiger partial charge in [-0.2, -0.15) is 0 Å². The molecule has 3 aromatic carbocycles. The Kier molecular flexibility index (Phi) is 7.04. The standard InChI is InChI=1S/C24H23ClN2O2/c1-17(19-10-4-2-5-11-19)26-24(29)22(16-18-9-8-14-21(25)15-18)27-23(28)20-12-6-3-7-13-20/h2-15,17,22H,16H2,1H3,(H,26,29)(H,27,28). The largest absolute Gasteiger partial charge is 0.348 e. The molecule has 0 radical (unpaired) electrons. The van der Waals surface area contributed by atoms with Gasteiger partial charge in [0.1, 0.15) is 6.04 Å². The number of amides is 2. The van der Waals surface area contributed by atoms with Gasteiger partial charge in [-0.1, -0.05) is 72.3 Å². The van der Waals surface area contributed by atoms with Gasteiger partial charge < -0.3 is 10.6 Å². The molecule has 4 nitrogen and oxygen atoms in total. The molecule has 3 rings (SSSR count). The first-order chi connectivity index (χ1) is 14.0. The molecule has 0 saturated carbocycles. The van der Waals surface area contributed by atoms with Crippen LogP contribution in [0.1, 0.15) is 34.5 Å². The van der Waals surface area contributed by atoms with Crippen molar-refractivity contribution in [3.05, 3.63) is 107 Å². The van der Waals surface area contributed by atoms with E-state index >= 15 is 0 Å². The maximum Gasteiger partial charge on any atom is 0.251 e. The third-order valence-electron chi connectivity index (χ3n) is 4.64. The molecule has 2 atom stereocenters. The fourth-order valence-corrected chi connectivity index (χ4v) is 3.29. The van der Waals surface area contributed by atoms with Crippen LogP contribution in [0.25, 0.3) is 0 Å². The van der Waals surface area contributed by atoms with Gasteiger partial charge in [0.05, 0.1) is 6.04 Å². The maximum atomic E-state index is 13.0. The second kappa shape index (κ2) is 9.89. The highest BCUT2D eigenvalue weighted by atomic mass is 35.5. The summed E-state index contributed by atoms with van der Waals surface area (Å²) in [5.41, 5.74) is 2.38. The fraction of sp³-hybridized carbons (Fsp3) is 0.167. The molecular formula is C24H23ClN2O2.